The van der Waals surface area contributed by atoms with Gasteiger partial charge in [-0.3, -0.25) is 0 Å². The summed E-state index contributed by atoms with van der Waals surface area (Å²) in [5, 5.41) is 7.48. The lowest BCUT2D eigenvalue weighted by Crippen LogP contribution is -2.08. The summed E-state index contributed by atoms with van der Waals surface area (Å²) in [6.45, 7) is 6.20. The minimum Gasteiger partial charge on any atom is -0.308 e. The van der Waals surface area contributed by atoms with Gasteiger partial charge in [0.25, 0.3) is 0 Å². The van der Waals surface area contributed by atoms with Gasteiger partial charge in [-0.1, -0.05) is 39.0 Å². The Kier molecular flexibility index (Phi) is 5.40. The highest BCUT2D eigenvalue weighted by Crippen LogP contribution is 2.43. The van der Waals surface area contributed by atoms with Crippen LogP contribution in [-0.4, -0.2) is 11.0 Å². The number of halogens is 3. The van der Waals surface area contributed by atoms with E-state index in [-0.39, 0.29) is 4.75 Å². The largest absolute Gasteiger partial charge is 0.416 e. The van der Waals surface area contributed by atoms with E-state index in [0.717, 1.165) is 22.6 Å². The normalized spacial score (nSPS) is 12.3. The highest BCUT2D eigenvalue weighted by molar-refractivity contribution is 8.00. The Morgan fingerprint density at radius 1 is 1.00 bits per heavy atom. The average Bonchev–Trinajstić information content (AvgIpc) is 2.45. The maximum absolute atomic E-state index is 12.8. The van der Waals surface area contributed by atoms with E-state index in [1.165, 1.54) is 18.3 Å². The molecule has 0 aliphatic rings. The summed E-state index contributed by atoms with van der Waals surface area (Å²) >= 11 is 6.14. The summed E-state index contributed by atoms with van der Waals surface area (Å²) in [6.07, 6.45) is -3.16. The molecule has 0 saturated heterocycles. The van der Waals surface area contributed by atoms with Gasteiger partial charge >= 0.3 is 6.18 Å². The molecule has 24 heavy (non-hydrogen) atoms. The number of thiol groups is 1. The van der Waals surface area contributed by atoms with E-state index in [0.29, 0.717) is 16.0 Å². The molecule has 0 unspecified atom stereocenters. The number of alkyl halides is 3. The van der Waals surface area contributed by atoms with Crippen molar-refractivity contribution in [2.45, 2.75) is 41.5 Å². The third-order valence-corrected chi connectivity index (χ3v) is 4.90. The monoisotopic (exact) mass is 369 g/mol. The second kappa shape index (κ2) is 6.84. The predicted octanol–water partition coefficient (Wildman–Crippen LogP) is 6.55. The minimum atomic E-state index is -4.36. The van der Waals surface area contributed by atoms with Gasteiger partial charge in [0.2, 0.25) is 0 Å². The van der Waals surface area contributed by atoms with Crippen LogP contribution >= 0.6 is 24.4 Å². The predicted molar refractivity (Wildman–Crippen MR) is 97.6 cm³/mol. The molecule has 0 aromatic heterocycles. The van der Waals surface area contributed by atoms with Crippen molar-refractivity contribution in [3.05, 3.63) is 47.5 Å². The number of nitrogens with one attached hydrogen (secondary N) is 1. The number of hydrogen-bond donors (Lipinski definition) is 2. The first-order chi connectivity index (χ1) is 11.0. The van der Waals surface area contributed by atoms with Crippen LogP contribution in [-0.2, 0) is 6.18 Å². The van der Waals surface area contributed by atoms with Gasteiger partial charge in [0, 0.05) is 31.9 Å². The smallest absolute Gasteiger partial charge is 0.308 e. The zero-order valence-electron chi connectivity index (χ0n) is 13.5. The summed E-state index contributed by atoms with van der Waals surface area (Å²) in [5.41, 5.74) is 1.36. The molecule has 0 fully saturated rings. The first kappa shape index (κ1) is 18.9. The molecule has 6 heteroatoms. The Hall–Kier alpha value is -1.40. The van der Waals surface area contributed by atoms with Crippen molar-refractivity contribution in [2.75, 3.05) is 0 Å². The van der Waals surface area contributed by atoms with Crippen LogP contribution in [0.5, 0.6) is 0 Å². The second-order valence-electron chi connectivity index (χ2n) is 6.31. The SMILES string of the molecule is CC(C)(C)Sc1ccc(C=N)c(S)c1-c1ccc(C(F)(F)F)cc1. The highest BCUT2D eigenvalue weighted by Gasteiger charge is 2.30. The third-order valence-electron chi connectivity index (χ3n) is 3.24. The summed E-state index contributed by atoms with van der Waals surface area (Å²) in [4.78, 5) is 1.52. The van der Waals surface area contributed by atoms with Gasteiger partial charge in [0.15, 0.2) is 0 Å². The first-order valence-corrected chi connectivity index (χ1v) is 8.52. The molecule has 0 bridgehead atoms. The van der Waals surface area contributed by atoms with Crippen molar-refractivity contribution >= 4 is 30.6 Å². The van der Waals surface area contributed by atoms with Gasteiger partial charge in [0.1, 0.15) is 0 Å². The molecule has 2 aromatic rings. The molecule has 1 N–H and O–H groups in total. The maximum atomic E-state index is 12.8. The molecule has 2 rings (SSSR count). The van der Waals surface area contributed by atoms with Gasteiger partial charge in [-0.05, 0) is 23.8 Å². The molecule has 0 atom stereocenters. The van der Waals surface area contributed by atoms with Gasteiger partial charge in [-0.15, -0.1) is 24.4 Å². The van der Waals surface area contributed by atoms with Gasteiger partial charge in [-0.2, -0.15) is 13.2 Å². The van der Waals surface area contributed by atoms with E-state index in [1.54, 1.807) is 17.8 Å². The van der Waals surface area contributed by atoms with Crippen LogP contribution in [0.25, 0.3) is 11.1 Å². The molecule has 0 amide bonds. The summed E-state index contributed by atoms with van der Waals surface area (Å²) < 4.78 is 38.3. The van der Waals surface area contributed by atoms with Crippen LogP contribution in [0.4, 0.5) is 13.2 Å². The van der Waals surface area contributed by atoms with Crippen LogP contribution in [0.2, 0.25) is 0 Å². The van der Waals surface area contributed by atoms with Gasteiger partial charge < -0.3 is 5.41 Å². The molecule has 0 saturated carbocycles. The number of benzene rings is 2. The summed E-state index contributed by atoms with van der Waals surface area (Å²) in [5.74, 6) is 0. The van der Waals surface area contributed by atoms with Crippen molar-refractivity contribution in [2.24, 2.45) is 0 Å². The van der Waals surface area contributed by atoms with Crippen LogP contribution in [0.1, 0.15) is 31.9 Å². The first-order valence-electron chi connectivity index (χ1n) is 7.26. The maximum Gasteiger partial charge on any atom is 0.416 e. The van der Waals surface area contributed by atoms with Crippen molar-refractivity contribution in [1.29, 1.82) is 5.41 Å². The Morgan fingerprint density at radius 3 is 2.04 bits per heavy atom. The van der Waals surface area contributed by atoms with Crippen LogP contribution in [0.15, 0.2) is 46.2 Å². The number of hydrogen-bond acceptors (Lipinski definition) is 3. The Labute approximate surface area is 149 Å². The molecule has 128 valence electrons. The topological polar surface area (TPSA) is 23.9 Å². The zero-order chi connectivity index (χ0) is 18.1. The van der Waals surface area contributed by atoms with Crippen molar-refractivity contribution in [1.82, 2.24) is 0 Å². The number of thioether (sulfide) groups is 1. The van der Waals surface area contributed by atoms with Crippen molar-refractivity contribution in [3.8, 4) is 11.1 Å². The molecule has 0 radical (unpaired) electrons. The highest BCUT2D eigenvalue weighted by atomic mass is 32.2. The summed E-state index contributed by atoms with van der Waals surface area (Å²) in [7, 11) is 0. The van der Waals surface area contributed by atoms with Crippen molar-refractivity contribution in [3.63, 3.8) is 0 Å². The Bertz CT molecular complexity index is 745. The fourth-order valence-corrected chi connectivity index (χ4v) is 3.81. The van der Waals surface area contributed by atoms with Gasteiger partial charge in [0.05, 0.1) is 5.56 Å². The summed E-state index contributed by atoms with van der Waals surface area (Å²) in [6, 6.07) is 8.76. The molecule has 1 nitrogen and oxygen atoms in total. The third kappa shape index (κ3) is 4.36. The quantitative estimate of drug-likeness (QED) is 0.358. The van der Waals surface area contributed by atoms with Gasteiger partial charge in [-0.25, -0.2) is 0 Å². The van der Waals surface area contributed by atoms with E-state index < -0.39 is 11.7 Å². The van der Waals surface area contributed by atoms with Crippen LogP contribution in [0.3, 0.4) is 0 Å². The van der Waals surface area contributed by atoms with Crippen LogP contribution < -0.4 is 0 Å². The fourth-order valence-electron chi connectivity index (χ4n) is 2.23. The molecule has 0 aliphatic carbocycles. The molecule has 0 aliphatic heterocycles. The van der Waals surface area contributed by atoms with E-state index in [2.05, 4.69) is 33.4 Å². The number of rotatable bonds is 3. The fraction of sp³-hybridized carbons (Fsp3) is 0.278. The lowest BCUT2D eigenvalue weighted by molar-refractivity contribution is -0.137. The molecule has 0 heterocycles. The molecule has 0 spiro atoms. The van der Waals surface area contributed by atoms with E-state index in [1.807, 2.05) is 6.07 Å². The van der Waals surface area contributed by atoms with Crippen molar-refractivity contribution < 1.29 is 13.2 Å². The Morgan fingerprint density at radius 2 is 1.58 bits per heavy atom. The average molecular weight is 369 g/mol. The standard InChI is InChI=1S/C18H18F3NS2/c1-17(2,3)24-14-9-6-12(10-22)16(23)15(14)11-4-7-13(8-5-11)18(19,20)21/h4-10,22-23H,1-3H3. The second-order valence-corrected chi connectivity index (χ2v) is 8.63. The van der Waals surface area contributed by atoms with Crippen LogP contribution in [0, 0.1) is 5.41 Å². The molecule has 2 aromatic carbocycles. The Balaban J connectivity index is 2.60. The zero-order valence-corrected chi connectivity index (χ0v) is 15.2. The van der Waals surface area contributed by atoms with E-state index in [4.69, 9.17) is 5.41 Å². The lowest BCUT2D eigenvalue weighted by Gasteiger charge is -2.22. The van der Waals surface area contributed by atoms with E-state index in [9.17, 15) is 13.2 Å². The lowest BCUT2D eigenvalue weighted by atomic mass is 10.0. The molecular weight excluding hydrogens is 351 g/mol. The minimum absolute atomic E-state index is 0.0624. The molecular formula is C18H18F3NS2. The van der Waals surface area contributed by atoms with E-state index >= 15 is 0 Å².